The quantitative estimate of drug-likeness (QED) is 0.900. The third-order valence-electron chi connectivity index (χ3n) is 3.30. The van der Waals surface area contributed by atoms with Gasteiger partial charge in [0, 0.05) is 18.1 Å². The summed E-state index contributed by atoms with van der Waals surface area (Å²) in [6.45, 7) is 6.25. The van der Waals surface area contributed by atoms with Crippen LogP contribution >= 0.6 is 11.3 Å². The molecule has 1 aromatic heterocycles. The Balaban J connectivity index is 2.03. The summed E-state index contributed by atoms with van der Waals surface area (Å²) in [4.78, 5) is 12.6. The summed E-state index contributed by atoms with van der Waals surface area (Å²) in [5.41, 5.74) is 0. The van der Waals surface area contributed by atoms with Crippen molar-refractivity contribution in [1.29, 1.82) is 0 Å². The Morgan fingerprint density at radius 3 is 2.79 bits per heavy atom. The van der Waals surface area contributed by atoms with Crippen molar-refractivity contribution in [2.75, 3.05) is 19.8 Å². The van der Waals surface area contributed by atoms with E-state index >= 15 is 0 Å². The number of hydrogen-bond acceptors (Lipinski definition) is 4. The molecule has 2 heterocycles. The van der Waals surface area contributed by atoms with Crippen molar-refractivity contribution in [3.05, 3.63) is 15.8 Å². The van der Waals surface area contributed by atoms with E-state index in [2.05, 4.69) is 13.8 Å². The van der Waals surface area contributed by atoms with Gasteiger partial charge in [-0.2, -0.15) is 0 Å². The van der Waals surface area contributed by atoms with Crippen LogP contribution < -0.4 is 4.74 Å². The van der Waals surface area contributed by atoms with Gasteiger partial charge in [0.25, 0.3) is 0 Å². The van der Waals surface area contributed by atoms with Crippen LogP contribution in [-0.2, 0) is 4.74 Å². The second kappa shape index (κ2) is 6.39. The summed E-state index contributed by atoms with van der Waals surface area (Å²) in [6.07, 6.45) is 1.98. The van der Waals surface area contributed by atoms with E-state index < -0.39 is 5.97 Å². The second-order valence-electron chi connectivity index (χ2n) is 5.17. The number of hydrogen-bond donors (Lipinski definition) is 1. The van der Waals surface area contributed by atoms with Gasteiger partial charge in [-0.25, -0.2) is 4.79 Å². The minimum Gasteiger partial charge on any atom is -0.491 e. The van der Waals surface area contributed by atoms with Gasteiger partial charge >= 0.3 is 5.97 Å². The van der Waals surface area contributed by atoms with Gasteiger partial charge in [-0.05, 0) is 30.7 Å². The van der Waals surface area contributed by atoms with E-state index in [0.717, 1.165) is 30.9 Å². The van der Waals surface area contributed by atoms with Crippen molar-refractivity contribution < 1.29 is 19.4 Å². The number of ether oxygens (including phenoxy) is 2. The van der Waals surface area contributed by atoms with Gasteiger partial charge in [0.15, 0.2) is 4.88 Å². The Bertz CT molecular complexity index is 433. The molecule has 0 spiro atoms. The Morgan fingerprint density at radius 2 is 2.21 bits per heavy atom. The summed E-state index contributed by atoms with van der Waals surface area (Å²) in [5.74, 6) is 0.410. The van der Waals surface area contributed by atoms with Crippen molar-refractivity contribution in [2.45, 2.75) is 32.6 Å². The van der Waals surface area contributed by atoms with Crippen molar-refractivity contribution in [3.63, 3.8) is 0 Å². The maximum atomic E-state index is 11.2. The van der Waals surface area contributed by atoms with E-state index in [1.54, 1.807) is 0 Å². The number of thiophene rings is 1. The van der Waals surface area contributed by atoms with Gasteiger partial charge in [-0.1, -0.05) is 13.8 Å². The van der Waals surface area contributed by atoms with Crippen LogP contribution in [0.15, 0.2) is 6.07 Å². The first-order valence-corrected chi connectivity index (χ1v) is 7.47. The molecule has 1 aromatic rings. The van der Waals surface area contributed by atoms with Crippen molar-refractivity contribution in [1.82, 2.24) is 0 Å². The van der Waals surface area contributed by atoms with Crippen LogP contribution in [0, 0.1) is 5.92 Å². The third-order valence-corrected chi connectivity index (χ3v) is 4.70. The van der Waals surface area contributed by atoms with Gasteiger partial charge in [-0.15, -0.1) is 11.3 Å². The molecule has 0 atom stereocenters. The fraction of sp³-hybridized carbons (Fsp3) is 0.643. The molecule has 0 aromatic carbocycles. The molecule has 0 aliphatic carbocycles. The molecule has 19 heavy (non-hydrogen) atoms. The van der Waals surface area contributed by atoms with E-state index in [4.69, 9.17) is 9.47 Å². The summed E-state index contributed by atoms with van der Waals surface area (Å²) in [5, 5.41) is 9.21. The summed E-state index contributed by atoms with van der Waals surface area (Å²) in [6, 6.07) is 1.87. The fourth-order valence-corrected chi connectivity index (χ4v) is 3.00. The molecular formula is C14H20O4S. The van der Waals surface area contributed by atoms with Crippen LogP contribution in [0.5, 0.6) is 5.75 Å². The van der Waals surface area contributed by atoms with Crippen molar-refractivity contribution >= 4 is 17.3 Å². The summed E-state index contributed by atoms with van der Waals surface area (Å²) < 4.78 is 11.0. The van der Waals surface area contributed by atoms with Crippen LogP contribution in [0.3, 0.4) is 0 Å². The van der Waals surface area contributed by atoms with E-state index in [1.807, 2.05) is 6.07 Å². The number of carbonyl (C=O) groups is 1. The number of aromatic carboxylic acids is 1. The highest BCUT2D eigenvalue weighted by Crippen LogP contribution is 2.34. The molecule has 0 amide bonds. The normalized spacial score (nSPS) is 16.8. The lowest BCUT2D eigenvalue weighted by Crippen LogP contribution is -2.21. The molecule has 0 radical (unpaired) electrons. The van der Waals surface area contributed by atoms with E-state index in [-0.39, 0.29) is 0 Å². The van der Waals surface area contributed by atoms with E-state index in [1.165, 1.54) is 11.3 Å². The molecule has 1 saturated heterocycles. The standard InChI is InChI=1S/C14H20O4S/c1-9(2)12-7-11(13(19-12)14(15)16)18-8-10-3-5-17-6-4-10/h7,9-10H,3-6,8H2,1-2H3,(H,15,16). The van der Waals surface area contributed by atoms with Crippen molar-refractivity contribution in [2.24, 2.45) is 5.92 Å². The second-order valence-corrected chi connectivity index (χ2v) is 6.25. The van der Waals surface area contributed by atoms with E-state index in [9.17, 15) is 9.90 Å². The molecule has 4 nitrogen and oxygen atoms in total. The molecule has 1 aliphatic heterocycles. The molecule has 0 saturated carbocycles. The Hall–Kier alpha value is -1.07. The van der Waals surface area contributed by atoms with Crippen LogP contribution in [0.25, 0.3) is 0 Å². The molecule has 5 heteroatoms. The molecule has 1 aliphatic rings. The van der Waals surface area contributed by atoms with Gasteiger partial charge in [-0.3, -0.25) is 0 Å². The first kappa shape index (κ1) is 14.3. The van der Waals surface area contributed by atoms with Gasteiger partial charge in [0.2, 0.25) is 0 Å². The summed E-state index contributed by atoms with van der Waals surface area (Å²) in [7, 11) is 0. The maximum absolute atomic E-state index is 11.2. The molecule has 2 rings (SSSR count). The minimum atomic E-state index is -0.904. The predicted octanol–water partition coefficient (Wildman–Crippen LogP) is 3.38. The average Bonchev–Trinajstić information content (AvgIpc) is 2.82. The topological polar surface area (TPSA) is 55.8 Å². The highest BCUT2D eigenvalue weighted by Gasteiger charge is 2.20. The highest BCUT2D eigenvalue weighted by atomic mass is 32.1. The SMILES string of the molecule is CC(C)c1cc(OCC2CCOCC2)c(C(=O)O)s1. The zero-order valence-corrected chi connectivity index (χ0v) is 12.2. The number of carboxylic acid groups (broad SMARTS) is 1. The average molecular weight is 284 g/mol. The molecule has 1 N–H and O–H groups in total. The monoisotopic (exact) mass is 284 g/mol. The Labute approximate surface area is 117 Å². The lowest BCUT2D eigenvalue weighted by atomic mass is 10.0. The van der Waals surface area contributed by atoms with Gasteiger partial charge in [0.05, 0.1) is 6.61 Å². The predicted molar refractivity (Wildman–Crippen MR) is 74.4 cm³/mol. The zero-order valence-electron chi connectivity index (χ0n) is 11.3. The highest BCUT2D eigenvalue weighted by molar-refractivity contribution is 7.14. The van der Waals surface area contributed by atoms with Crippen LogP contribution in [0.1, 0.15) is 47.2 Å². The van der Waals surface area contributed by atoms with E-state index in [0.29, 0.717) is 29.1 Å². The molecule has 0 bridgehead atoms. The summed E-state index contributed by atoms with van der Waals surface area (Å²) >= 11 is 1.31. The Kier molecular flexibility index (Phi) is 4.82. The van der Waals surface area contributed by atoms with Crippen LogP contribution in [0.2, 0.25) is 0 Å². The molecular weight excluding hydrogens is 264 g/mol. The zero-order chi connectivity index (χ0) is 13.8. The number of carboxylic acids is 1. The van der Waals surface area contributed by atoms with Gasteiger partial charge in [0.1, 0.15) is 5.75 Å². The third kappa shape index (κ3) is 3.70. The first-order chi connectivity index (χ1) is 9.08. The number of rotatable bonds is 5. The largest absolute Gasteiger partial charge is 0.491 e. The minimum absolute atomic E-state index is 0.316. The van der Waals surface area contributed by atoms with Crippen LogP contribution in [-0.4, -0.2) is 30.9 Å². The first-order valence-electron chi connectivity index (χ1n) is 6.65. The molecule has 1 fully saturated rings. The molecule has 106 valence electrons. The van der Waals surface area contributed by atoms with Crippen molar-refractivity contribution in [3.8, 4) is 5.75 Å². The maximum Gasteiger partial charge on any atom is 0.349 e. The lowest BCUT2D eigenvalue weighted by molar-refractivity contribution is 0.0491. The smallest absolute Gasteiger partial charge is 0.349 e. The molecule has 0 unspecified atom stereocenters. The van der Waals surface area contributed by atoms with Crippen LogP contribution in [0.4, 0.5) is 0 Å². The lowest BCUT2D eigenvalue weighted by Gasteiger charge is -2.21. The fourth-order valence-electron chi connectivity index (χ4n) is 2.05. The Morgan fingerprint density at radius 1 is 1.53 bits per heavy atom. The van der Waals surface area contributed by atoms with Gasteiger partial charge < -0.3 is 14.6 Å².